The van der Waals surface area contributed by atoms with E-state index in [1.54, 1.807) is 0 Å². The molecule has 2 aliphatic rings. The molecule has 96 valence electrons. The summed E-state index contributed by atoms with van der Waals surface area (Å²) in [5.74, 6) is 0.110. The lowest BCUT2D eigenvalue weighted by Gasteiger charge is -2.37. The van der Waals surface area contributed by atoms with Crippen LogP contribution in [0.3, 0.4) is 0 Å². The zero-order valence-electron chi connectivity index (χ0n) is 10.6. The van der Waals surface area contributed by atoms with Crippen LogP contribution in [-0.4, -0.2) is 36.9 Å². The van der Waals surface area contributed by atoms with E-state index in [4.69, 9.17) is 0 Å². The van der Waals surface area contributed by atoms with Gasteiger partial charge in [0.25, 0.3) is 0 Å². The van der Waals surface area contributed by atoms with E-state index in [1.807, 2.05) is 7.05 Å². The van der Waals surface area contributed by atoms with Gasteiger partial charge in [-0.15, -0.1) is 0 Å². The molecule has 1 aliphatic carbocycles. The Morgan fingerprint density at radius 2 is 1.76 bits per heavy atom. The van der Waals surface area contributed by atoms with E-state index >= 15 is 0 Å². The van der Waals surface area contributed by atoms with Crippen molar-refractivity contribution in [2.24, 2.45) is 5.41 Å². The van der Waals surface area contributed by atoms with E-state index in [0.717, 1.165) is 25.8 Å². The number of hydrogen-bond donors (Lipinski definition) is 1. The number of nitrogens with zero attached hydrogens (tertiary/aromatic N) is 1. The van der Waals surface area contributed by atoms with E-state index in [9.17, 15) is 9.59 Å². The van der Waals surface area contributed by atoms with Crippen molar-refractivity contribution in [1.29, 1.82) is 0 Å². The summed E-state index contributed by atoms with van der Waals surface area (Å²) in [6.07, 6.45) is 6.53. The summed E-state index contributed by atoms with van der Waals surface area (Å²) in [6.45, 7) is 1.43. The van der Waals surface area contributed by atoms with Gasteiger partial charge in [-0.25, -0.2) is 0 Å². The van der Waals surface area contributed by atoms with Gasteiger partial charge < -0.3 is 5.32 Å². The second kappa shape index (κ2) is 5.17. The summed E-state index contributed by atoms with van der Waals surface area (Å²) < 4.78 is 0. The molecule has 1 spiro atoms. The molecule has 0 atom stereocenters. The maximum atomic E-state index is 12.0. The van der Waals surface area contributed by atoms with Crippen molar-refractivity contribution < 1.29 is 9.59 Å². The third kappa shape index (κ3) is 2.68. The summed E-state index contributed by atoms with van der Waals surface area (Å²) >= 11 is 0. The van der Waals surface area contributed by atoms with Crippen LogP contribution in [0.15, 0.2) is 0 Å². The van der Waals surface area contributed by atoms with Gasteiger partial charge in [0.15, 0.2) is 0 Å². The number of likely N-dealkylation sites (tertiary alicyclic amines) is 1. The fraction of sp³-hybridized carbons (Fsp3) is 0.846. The monoisotopic (exact) mass is 238 g/mol. The summed E-state index contributed by atoms with van der Waals surface area (Å²) in [7, 11) is 1.88. The molecule has 2 rings (SSSR count). The highest BCUT2D eigenvalue weighted by atomic mass is 16.2. The molecular formula is C13H22N2O2. The molecule has 4 nitrogen and oxygen atoms in total. The highest BCUT2D eigenvalue weighted by molar-refractivity contribution is 5.98. The minimum absolute atomic E-state index is 0.0354. The molecule has 1 saturated heterocycles. The second-order valence-corrected chi connectivity index (χ2v) is 5.46. The van der Waals surface area contributed by atoms with Crippen LogP contribution in [0.1, 0.15) is 44.9 Å². The first-order valence-corrected chi connectivity index (χ1v) is 6.65. The topological polar surface area (TPSA) is 49.4 Å². The van der Waals surface area contributed by atoms with Gasteiger partial charge in [0.1, 0.15) is 0 Å². The van der Waals surface area contributed by atoms with Crippen molar-refractivity contribution in [2.75, 3.05) is 20.1 Å². The zero-order valence-corrected chi connectivity index (χ0v) is 10.6. The Bertz CT molecular complexity index is 289. The number of hydrogen-bond acceptors (Lipinski definition) is 3. The van der Waals surface area contributed by atoms with Gasteiger partial charge in [-0.1, -0.05) is 12.8 Å². The molecule has 0 radical (unpaired) electrons. The molecule has 1 saturated carbocycles. The number of piperidine rings is 1. The summed E-state index contributed by atoms with van der Waals surface area (Å²) in [6, 6.07) is 0. The molecular weight excluding hydrogens is 216 g/mol. The van der Waals surface area contributed by atoms with Crippen molar-refractivity contribution in [3.8, 4) is 0 Å². The molecule has 2 fully saturated rings. The molecule has 0 bridgehead atoms. The molecule has 0 aromatic heterocycles. The van der Waals surface area contributed by atoms with E-state index in [-0.39, 0.29) is 17.2 Å². The number of carbonyl (C=O) groups excluding carboxylic acids is 2. The van der Waals surface area contributed by atoms with Crippen LogP contribution < -0.4 is 5.32 Å². The number of rotatable bonds is 4. The van der Waals surface area contributed by atoms with E-state index < -0.39 is 0 Å². The molecule has 2 amide bonds. The van der Waals surface area contributed by atoms with Crippen molar-refractivity contribution in [1.82, 2.24) is 10.2 Å². The predicted molar refractivity (Wildman–Crippen MR) is 65.4 cm³/mol. The average Bonchev–Trinajstić information content (AvgIpc) is 2.70. The van der Waals surface area contributed by atoms with Crippen LogP contribution in [0.4, 0.5) is 0 Å². The third-order valence-electron chi connectivity index (χ3n) is 4.13. The Morgan fingerprint density at radius 1 is 1.18 bits per heavy atom. The molecule has 1 aliphatic heterocycles. The first-order chi connectivity index (χ1) is 8.17. The molecule has 1 N–H and O–H groups in total. The van der Waals surface area contributed by atoms with Crippen LogP contribution in [-0.2, 0) is 9.59 Å². The van der Waals surface area contributed by atoms with Gasteiger partial charge in [-0.2, -0.15) is 0 Å². The predicted octanol–water partition coefficient (Wildman–Crippen LogP) is 1.31. The quantitative estimate of drug-likeness (QED) is 0.593. The number of nitrogens with one attached hydrogen (secondary N) is 1. The Balaban J connectivity index is 1.94. The second-order valence-electron chi connectivity index (χ2n) is 5.46. The minimum Gasteiger partial charge on any atom is -0.320 e. The lowest BCUT2D eigenvalue weighted by molar-refractivity contribution is -0.153. The molecule has 0 aromatic rings. The number of imide groups is 1. The standard InChI is InChI=1S/C13H22N2O2/c1-14-7-4-8-15-11(16)9-13(10-12(15)17)5-2-3-6-13/h14H,2-10H2,1H3. The van der Waals surface area contributed by atoms with Gasteiger partial charge in [0.05, 0.1) is 0 Å². The third-order valence-corrected chi connectivity index (χ3v) is 4.13. The average molecular weight is 238 g/mol. The summed E-state index contributed by atoms with van der Waals surface area (Å²) in [5, 5.41) is 3.04. The van der Waals surface area contributed by atoms with Gasteiger partial charge >= 0.3 is 0 Å². The molecule has 4 heteroatoms. The van der Waals surface area contributed by atoms with Crippen molar-refractivity contribution in [3.63, 3.8) is 0 Å². The van der Waals surface area contributed by atoms with Gasteiger partial charge in [0.2, 0.25) is 11.8 Å². The Labute approximate surface area is 103 Å². The van der Waals surface area contributed by atoms with Crippen LogP contribution in [0.5, 0.6) is 0 Å². The molecule has 0 unspecified atom stereocenters. The minimum atomic E-state index is 0.0354. The van der Waals surface area contributed by atoms with Gasteiger partial charge in [-0.3, -0.25) is 14.5 Å². The summed E-state index contributed by atoms with van der Waals surface area (Å²) in [5.41, 5.74) is 0.0354. The normalized spacial score (nSPS) is 23.7. The number of amides is 2. The smallest absolute Gasteiger partial charge is 0.229 e. The zero-order chi connectivity index (χ0) is 12.3. The van der Waals surface area contributed by atoms with E-state index in [0.29, 0.717) is 19.4 Å². The molecule has 0 aromatic carbocycles. The first-order valence-electron chi connectivity index (χ1n) is 6.65. The highest BCUT2D eigenvalue weighted by Gasteiger charge is 2.44. The Morgan fingerprint density at radius 3 is 2.29 bits per heavy atom. The number of carbonyl (C=O) groups is 2. The Hall–Kier alpha value is -0.900. The van der Waals surface area contributed by atoms with Crippen molar-refractivity contribution >= 4 is 11.8 Å². The van der Waals surface area contributed by atoms with Crippen LogP contribution >= 0.6 is 0 Å². The van der Waals surface area contributed by atoms with Crippen LogP contribution in [0, 0.1) is 5.41 Å². The van der Waals surface area contributed by atoms with Crippen molar-refractivity contribution in [2.45, 2.75) is 44.9 Å². The fourth-order valence-corrected chi connectivity index (χ4v) is 3.18. The SMILES string of the molecule is CNCCCN1C(=O)CC2(CCCC2)CC1=O. The molecule has 17 heavy (non-hydrogen) atoms. The lowest BCUT2D eigenvalue weighted by Crippen LogP contribution is -2.47. The van der Waals surface area contributed by atoms with Crippen molar-refractivity contribution in [3.05, 3.63) is 0 Å². The first kappa shape index (κ1) is 12.6. The fourth-order valence-electron chi connectivity index (χ4n) is 3.18. The van der Waals surface area contributed by atoms with Crippen LogP contribution in [0.25, 0.3) is 0 Å². The van der Waals surface area contributed by atoms with E-state index in [1.165, 1.54) is 17.7 Å². The maximum absolute atomic E-state index is 12.0. The van der Waals surface area contributed by atoms with Gasteiger partial charge in [0, 0.05) is 19.4 Å². The maximum Gasteiger partial charge on any atom is 0.229 e. The Kier molecular flexibility index (Phi) is 3.82. The van der Waals surface area contributed by atoms with Crippen LogP contribution in [0.2, 0.25) is 0 Å². The summed E-state index contributed by atoms with van der Waals surface area (Å²) in [4.78, 5) is 25.6. The van der Waals surface area contributed by atoms with E-state index in [2.05, 4.69) is 5.32 Å². The lowest BCUT2D eigenvalue weighted by atomic mass is 9.76. The largest absolute Gasteiger partial charge is 0.320 e. The molecule has 1 heterocycles. The van der Waals surface area contributed by atoms with Gasteiger partial charge in [-0.05, 0) is 38.3 Å². The highest BCUT2D eigenvalue weighted by Crippen LogP contribution is 2.46.